The van der Waals surface area contributed by atoms with Gasteiger partial charge in [-0.15, -0.1) is 0 Å². The third kappa shape index (κ3) is 3.31. The van der Waals surface area contributed by atoms with E-state index in [0.717, 1.165) is 39.6 Å². The van der Waals surface area contributed by atoms with E-state index in [1.807, 2.05) is 47.8 Å². The zero-order chi connectivity index (χ0) is 19.8. The summed E-state index contributed by atoms with van der Waals surface area (Å²) in [6, 6.07) is 12.2. The van der Waals surface area contributed by atoms with E-state index in [-0.39, 0.29) is 12.5 Å². The number of nitrogens with one attached hydrogen (secondary N) is 1. The standard InChI is InChI=1S/C22H25N5O/c1-14-11-17-18(12-15(14)2)25-22-21(24-17)16-7-5-6-8-19(16)27(22)13-20(28)23-9-10-26(3)4/h5-8,11-12H,9-10,13H2,1-4H3,(H,23,28). The topological polar surface area (TPSA) is 63.1 Å². The van der Waals surface area contributed by atoms with Crippen LogP contribution >= 0.6 is 0 Å². The van der Waals surface area contributed by atoms with Crippen molar-refractivity contribution in [3.8, 4) is 0 Å². The highest BCUT2D eigenvalue weighted by Crippen LogP contribution is 2.28. The Morgan fingerprint density at radius 3 is 2.46 bits per heavy atom. The minimum atomic E-state index is -0.0218. The Hall–Kier alpha value is -2.99. The Morgan fingerprint density at radius 2 is 1.75 bits per heavy atom. The van der Waals surface area contributed by atoms with Crippen LogP contribution in [0.3, 0.4) is 0 Å². The van der Waals surface area contributed by atoms with Crippen molar-refractivity contribution >= 4 is 39.0 Å². The van der Waals surface area contributed by atoms with E-state index < -0.39 is 0 Å². The van der Waals surface area contributed by atoms with Crippen molar-refractivity contribution in [1.82, 2.24) is 24.8 Å². The number of benzene rings is 2. The second-order valence-electron chi connectivity index (χ2n) is 7.58. The van der Waals surface area contributed by atoms with Gasteiger partial charge in [-0.25, -0.2) is 9.97 Å². The summed E-state index contributed by atoms with van der Waals surface area (Å²) < 4.78 is 1.97. The van der Waals surface area contributed by atoms with Crippen LogP contribution in [0.4, 0.5) is 0 Å². The summed E-state index contributed by atoms with van der Waals surface area (Å²) in [5.74, 6) is -0.0218. The molecule has 6 heteroatoms. The van der Waals surface area contributed by atoms with Gasteiger partial charge in [0, 0.05) is 18.5 Å². The fourth-order valence-corrected chi connectivity index (χ4v) is 3.47. The van der Waals surface area contributed by atoms with E-state index in [2.05, 4.69) is 31.3 Å². The molecule has 0 radical (unpaired) electrons. The number of carbonyl (C=O) groups excluding carboxylic acids is 1. The third-order valence-electron chi connectivity index (χ3n) is 5.15. The SMILES string of the molecule is Cc1cc2nc3c4ccccc4n(CC(=O)NCCN(C)C)c3nc2cc1C. The Bertz CT molecular complexity index is 1190. The van der Waals surface area contributed by atoms with Crippen molar-refractivity contribution in [3.63, 3.8) is 0 Å². The molecule has 1 amide bonds. The molecule has 0 fully saturated rings. The van der Waals surface area contributed by atoms with Gasteiger partial charge in [-0.1, -0.05) is 18.2 Å². The number of likely N-dealkylation sites (N-methyl/N-ethyl adjacent to an activating group) is 1. The molecule has 0 unspecified atom stereocenters. The molecule has 2 heterocycles. The number of nitrogens with zero attached hydrogens (tertiary/aromatic N) is 4. The highest BCUT2D eigenvalue weighted by atomic mass is 16.1. The molecule has 144 valence electrons. The molecule has 6 nitrogen and oxygen atoms in total. The Kier molecular flexibility index (Phi) is 4.73. The molecule has 0 aliphatic rings. The lowest BCUT2D eigenvalue weighted by Gasteiger charge is -2.11. The first-order valence-electron chi connectivity index (χ1n) is 9.51. The number of rotatable bonds is 5. The van der Waals surface area contributed by atoms with Gasteiger partial charge in [-0.2, -0.15) is 0 Å². The van der Waals surface area contributed by atoms with Crippen molar-refractivity contribution in [2.75, 3.05) is 27.2 Å². The molecule has 28 heavy (non-hydrogen) atoms. The summed E-state index contributed by atoms with van der Waals surface area (Å²) in [5, 5.41) is 4.01. The maximum Gasteiger partial charge on any atom is 0.240 e. The molecular formula is C22H25N5O. The van der Waals surface area contributed by atoms with E-state index in [0.29, 0.717) is 6.54 Å². The lowest BCUT2D eigenvalue weighted by Crippen LogP contribution is -2.33. The van der Waals surface area contributed by atoms with Crippen LogP contribution in [0, 0.1) is 13.8 Å². The maximum atomic E-state index is 12.5. The quantitative estimate of drug-likeness (QED) is 0.582. The van der Waals surface area contributed by atoms with Crippen LogP contribution in [-0.2, 0) is 11.3 Å². The van der Waals surface area contributed by atoms with Crippen molar-refractivity contribution in [3.05, 3.63) is 47.5 Å². The molecule has 0 aliphatic heterocycles. The largest absolute Gasteiger partial charge is 0.353 e. The average molecular weight is 375 g/mol. The highest BCUT2D eigenvalue weighted by Gasteiger charge is 2.16. The number of aryl methyl sites for hydroxylation is 2. The Balaban J connectivity index is 1.82. The molecule has 0 saturated carbocycles. The molecule has 4 aromatic rings. The van der Waals surface area contributed by atoms with Gasteiger partial charge in [-0.05, 0) is 57.3 Å². The summed E-state index contributed by atoms with van der Waals surface area (Å²) in [4.78, 5) is 24.4. The van der Waals surface area contributed by atoms with Crippen molar-refractivity contribution < 1.29 is 4.79 Å². The molecule has 2 aromatic heterocycles. The molecular weight excluding hydrogens is 350 g/mol. The first-order valence-corrected chi connectivity index (χ1v) is 9.51. The van der Waals surface area contributed by atoms with Gasteiger partial charge in [0.1, 0.15) is 12.1 Å². The third-order valence-corrected chi connectivity index (χ3v) is 5.15. The Morgan fingerprint density at radius 1 is 1.07 bits per heavy atom. The van der Waals surface area contributed by atoms with Crippen LogP contribution in [0.15, 0.2) is 36.4 Å². The van der Waals surface area contributed by atoms with Crippen LogP contribution in [-0.4, -0.2) is 52.5 Å². The van der Waals surface area contributed by atoms with Gasteiger partial charge >= 0.3 is 0 Å². The van der Waals surface area contributed by atoms with E-state index in [9.17, 15) is 4.79 Å². The van der Waals surface area contributed by atoms with Crippen molar-refractivity contribution in [2.45, 2.75) is 20.4 Å². The fraction of sp³-hybridized carbons (Fsp3) is 0.318. The number of fused-ring (bicyclic) bond motifs is 4. The maximum absolute atomic E-state index is 12.5. The summed E-state index contributed by atoms with van der Waals surface area (Å²) in [6.45, 7) is 5.82. The fourth-order valence-electron chi connectivity index (χ4n) is 3.47. The van der Waals surface area contributed by atoms with E-state index >= 15 is 0 Å². The zero-order valence-electron chi connectivity index (χ0n) is 16.8. The number of amides is 1. The second-order valence-corrected chi connectivity index (χ2v) is 7.58. The van der Waals surface area contributed by atoms with Crippen LogP contribution < -0.4 is 5.32 Å². The molecule has 0 bridgehead atoms. The molecule has 0 atom stereocenters. The zero-order valence-corrected chi connectivity index (χ0v) is 16.8. The molecule has 1 N–H and O–H groups in total. The van der Waals surface area contributed by atoms with E-state index in [1.165, 1.54) is 11.1 Å². The predicted octanol–water partition coefficient (Wildman–Crippen LogP) is 3.03. The van der Waals surface area contributed by atoms with Crippen molar-refractivity contribution in [2.24, 2.45) is 0 Å². The van der Waals surface area contributed by atoms with Crippen molar-refractivity contribution in [1.29, 1.82) is 0 Å². The summed E-state index contributed by atoms with van der Waals surface area (Å²) >= 11 is 0. The van der Waals surface area contributed by atoms with E-state index in [1.54, 1.807) is 0 Å². The monoisotopic (exact) mass is 375 g/mol. The van der Waals surface area contributed by atoms with Gasteiger partial charge in [0.2, 0.25) is 5.91 Å². The number of hydrogen-bond donors (Lipinski definition) is 1. The van der Waals surface area contributed by atoms with Crippen LogP contribution in [0.1, 0.15) is 11.1 Å². The number of hydrogen-bond acceptors (Lipinski definition) is 4. The van der Waals surface area contributed by atoms with Gasteiger partial charge < -0.3 is 14.8 Å². The first-order chi connectivity index (χ1) is 13.4. The smallest absolute Gasteiger partial charge is 0.240 e. The molecule has 0 spiro atoms. The second kappa shape index (κ2) is 7.20. The molecule has 2 aromatic carbocycles. The predicted molar refractivity (Wildman–Crippen MR) is 114 cm³/mol. The number of aromatic nitrogens is 3. The van der Waals surface area contributed by atoms with Gasteiger partial charge in [0.05, 0.1) is 16.6 Å². The molecule has 0 aliphatic carbocycles. The minimum absolute atomic E-state index is 0.0218. The molecule has 4 rings (SSSR count). The van der Waals surface area contributed by atoms with Crippen LogP contribution in [0.5, 0.6) is 0 Å². The summed E-state index contributed by atoms with van der Waals surface area (Å²) in [7, 11) is 3.98. The van der Waals surface area contributed by atoms with Gasteiger partial charge in [-0.3, -0.25) is 4.79 Å². The lowest BCUT2D eigenvalue weighted by atomic mass is 10.1. The van der Waals surface area contributed by atoms with Gasteiger partial charge in [0.25, 0.3) is 0 Å². The van der Waals surface area contributed by atoms with E-state index in [4.69, 9.17) is 9.97 Å². The number of para-hydroxylation sites is 1. The summed E-state index contributed by atoms with van der Waals surface area (Å²) in [5.41, 5.74) is 6.69. The van der Waals surface area contributed by atoms with Crippen LogP contribution in [0.2, 0.25) is 0 Å². The average Bonchev–Trinajstić information content (AvgIpc) is 2.94. The highest BCUT2D eigenvalue weighted by molar-refractivity contribution is 6.07. The minimum Gasteiger partial charge on any atom is -0.353 e. The normalized spacial score (nSPS) is 11.8. The lowest BCUT2D eigenvalue weighted by molar-refractivity contribution is -0.121. The molecule has 0 saturated heterocycles. The first kappa shape index (κ1) is 18.4. The number of carbonyl (C=O) groups is 1. The van der Waals surface area contributed by atoms with Gasteiger partial charge in [0.15, 0.2) is 5.65 Å². The Labute approximate surface area is 164 Å². The van der Waals surface area contributed by atoms with Crippen LogP contribution in [0.25, 0.3) is 33.1 Å². The summed E-state index contributed by atoms with van der Waals surface area (Å²) in [6.07, 6.45) is 0.